The van der Waals surface area contributed by atoms with Crippen molar-refractivity contribution in [1.82, 2.24) is 0 Å². The second kappa shape index (κ2) is 5.58. The van der Waals surface area contributed by atoms with E-state index in [4.69, 9.17) is 5.73 Å². The van der Waals surface area contributed by atoms with Gasteiger partial charge in [0.1, 0.15) is 0 Å². The van der Waals surface area contributed by atoms with E-state index in [1.807, 2.05) is 6.07 Å². The molecule has 0 aliphatic carbocycles. The number of hydrogen-bond acceptors (Lipinski definition) is 1. The first kappa shape index (κ1) is 13.8. The average Bonchev–Trinajstić information content (AvgIpc) is 2.38. The molecule has 2 rings (SSSR count). The lowest BCUT2D eigenvalue weighted by Gasteiger charge is -2.29. The van der Waals surface area contributed by atoms with Gasteiger partial charge < -0.3 is 5.73 Å². The fourth-order valence-electron chi connectivity index (χ4n) is 2.74. The second-order valence-corrected chi connectivity index (χ2v) is 5.55. The van der Waals surface area contributed by atoms with Crippen molar-refractivity contribution in [3.05, 3.63) is 70.8 Å². The molecule has 0 bridgehead atoms. The Kier molecular flexibility index (Phi) is 4.06. The summed E-state index contributed by atoms with van der Waals surface area (Å²) in [7, 11) is 0. The molecule has 0 aliphatic rings. The van der Waals surface area contributed by atoms with E-state index in [0.29, 0.717) is 0 Å². The molecule has 1 unspecified atom stereocenters. The molecule has 100 valence electrons. The molecule has 2 N–H and O–H groups in total. The van der Waals surface area contributed by atoms with Gasteiger partial charge in [0.25, 0.3) is 0 Å². The predicted octanol–water partition coefficient (Wildman–Crippen LogP) is 4.11. The number of benzene rings is 2. The largest absolute Gasteiger partial charge is 0.321 e. The third-order valence-corrected chi connectivity index (χ3v) is 3.78. The van der Waals surface area contributed by atoms with Crippen LogP contribution in [0.4, 0.5) is 0 Å². The summed E-state index contributed by atoms with van der Waals surface area (Å²) in [6.07, 6.45) is 1.82. The third-order valence-electron chi connectivity index (χ3n) is 3.78. The molecule has 1 heteroatoms. The molecule has 1 nitrogen and oxygen atoms in total. The van der Waals surface area contributed by atoms with Gasteiger partial charge in [-0.3, -0.25) is 0 Å². The average molecular weight is 253 g/mol. The van der Waals surface area contributed by atoms with Crippen molar-refractivity contribution in [1.29, 1.82) is 0 Å². The Morgan fingerprint density at radius 1 is 0.947 bits per heavy atom. The van der Waals surface area contributed by atoms with E-state index in [1.54, 1.807) is 0 Å². The minimum absolute atomic E-state index is 0.276. The van der Waals surface area contributed by atoms with Crippen LogP contribution in [0.2, 0.25) is 0 Å². The highest BCUT2D eigenvalue weighted by Gasteiger charge is 2.25. The van der Waals surface area contributed by atoms with E-state index in [9.17, 15) is 0 Å². The van der Waals surface area contributed by atoms with Crippen LogP contribution in [0.1, 0.15) is 35.6 Å². The molecule has 19 heavy (non-hydrogen) atoms. The molecule has 0 amide bonds. The van der Waals surface area contributed by atoms with E-state index < -0.39 is 0 Å². The van der Waals surface area contributed by atoms with E-state index in [0.717, 1.165) is 12.8 Å². The van der Waals surface area contributed by atoms with Crippen LogP contribution in [0, 0.1) is 13.8 Å². The summed E-state index contributed by atoms with van der Waals surface area (Å²) in [5.41, 5.74) is 11.5. The van der Waals surface area contributed by atoms with Crippen LogP contribution in [-0.2, 0) is 12.0 Å². The lowest BCUT2D eigenvalue weighted by Crippen LogP contribution is -2.38. The molecule has 0 aliphatic heterocycles. The quantitative estimate of drug-likeness (QED) is 0.872. The first-order valence-electron chi connectivity index (χ1n) is 6.95. The van der Waals surface area contributed by atoms with Crippen LogP contribution in [0.5, 0.6) is 0 Å². The number of nitrogens with two attached hydrogens (primary N) is 1. The van der Waals surface area contributed by atoms with Gasteiger partial charge in [-0.05, 0) is 37.8 Å². The maximum Gasteiger partial charge on any atom is 0.0447 e. The normalized spacial score (nSPS) is 14.1. The van der Waals surface area contributed by atoms with Gasteiger partial charge in [0, 0.05) is 5.54 Å². The summed E-state index contributed by atoms with van der Waals surface area (Å²) in [6.45, 7) is 6.45. The summed E-state index contributed by atoms with van der Waals surface area (Å²) >= 11 is 0. The maximum absolute atomic E-state index is 6.65. The minimum atomic E-state index is -0.276. The highest BCUT2D eigenvalue weighted by molar-refractivity contribution is 5.33. The van der Waals surface area contributed by atoms with Crippen LogP contribution < -0.4 is 5.73 Å². The fraction of sp³-hybridized carbons (Fsp3) is 0.333. The Morgan fingerprint density at radius 2 is 1.53 bits per heavy atom. The van der Waals surface area contributed by atoms with Crippen molar-refractivity contribution in [3.63, 3.8) is 0 Å². The fourth-order valence-corrected chi connectivity index (χ4v) is 2.74. The summed E-state index contributed by atoms with van der Waals surface area (Å²) in [5.74, 6) is 0. The zero-order valence-corrected chi connectivity index (χ0v) is 12.1. The van der Waals surface area contributed by atoms with Crippen molar-refractivity contribution in [2.75, 3.05) is 0 Å². The molecule has 2 aromatic rings. The van der Waals surface area contributed by atoms with Crippen molar-refractivity contribution < 1.29 is 0 Å². The molecule has 0 radical (unpaired) electrons. The Morgan fingerprint density at radius 3 is 2.05 bits per heavy atom. The van der Waals surface area contributed by atoms with Gasteiger partial charge in [0.2, 0.25) is 0 Å². The predicted molar refractivity (Wildman–Crippen MR) is 82.2 cm³/mol. The summed E-state index contributed by atoms with van der Waals surface area (Å²) in [4.78, 5) is 0. The standard InChI is InChI=1S/C18H23N/c1-4-18(19,17-8-6-5-7-9-17)13-16-11-14(2)10-15(3)12-16/h5-12H,4,13,19H2,1-3H3. The number of hydrogen-bond donors (Lipinski definition) is 1. The first-order chi connectivity index (χ1) is 9.03. The highest BCUT2D eigenvalue weighted by Crippen LogP contribution is 2.27. The van der Waals surface area contributed by atoms with E-state index in [2.05, 4.69) is 63.2 Å². The third kappa shape index (κ3) is 3.24. The lowest BCUT2D eigenvalue weighted by atomic mass is 9.82. The van der Waals surface area contributed by atoms with Gasteiger partial charge in [0.15, 0.2) is 0 Å². The van der Waals surface area contributed by atoms with Crippen molar-refractivity contribution in [3.8, 4) is 0 Å². The van der Waals surface area contributed by atoms with Gasteiger partial charge in [0.05, 0.1) is 0 Å². The Hall–Kier alpha value is -1.60. The smallest absolute Gasteiger partial charge is 0.0447 e. The second-order valence-electron chi connectivity index (χ2n) is 5.55. The molecule has 0 spiro atoms. The van der Waals surface area contributed by atoms with Gasteiger partial charge in [-0.2, -0.15) is 0 Å². The lowest BCUT2D eigenvalue weighted by molar-refractivity contribution is 0.425. The van der Waals surface area contributed by atoms with Crippen molar-refractivity contribution in [2.45, 2.75) is 39.2 Å². The van der Waals surface area contributed by atoms with Crippen LogP contribution >= 0.6 is 0 Å². The first-order valence-corrected chi connectivity index (χ1v) is 6.95. The summed E-state index contributed by atoms with van der Waals surface area (Å²) in [5, 5.41) is 0. The minimum Gasteiger partial charge on any atom is -0.321 e. The summed E-state index contributed by atoms with van der Waals surface area (Å²) in [6, 6.07) is 17.1. The van der Waals surface area contributed by atoms with Crippen LogP contribution in [0.3, 0.4) is 0 Å². The zero-order chi connectivity index (χ0) is 13.9. The highest BCUT2D eigenvalue weighted by atomic mass is 14.7. The van der Waals surface area contributed by atoms with Gasteiger partial charge >= 0.3 is 0 Å². The molecule has 0 heterocycles. The van der Waals surface area contributed by atoms with Crippen molar-refractivity contribution >= 4 is 0 Å². The zero-order valence-electron chi connectivity index (χ0n) is 12.1. The Balaban J connectivity index is 2.33. The van der Waals surface area contributed by atoms with Crippen LogP contribution in [0.25, 0.3) is 0 Å². The Bertz CT molecular complexity index is 525. The van der Waals surface area contributed by atoms with E-state index >= 15 is 0 Å². The van der Waals surface area contributed by atoms with E-state index in [1.165, 1.54) is 22.3 Å². The Labute approximate surface area is 116 Å². The topological polar surface area (TPSA) is 26.0 Å². The van der Waals surface area contributed by atoms with Gasteiger partial charge in [-0.25, -0.2) is 0 Å². The maximum atomic E-state index is 6.65. The summed E-state index contributed by atoms with van der Waals surface area (Å²) < 4.78 is 0. The molecule has 1 atom stereocenters. The monoisotopic (exact) mass is 253 g/mol. The van der Waals surface area contributed by atoms with Gasteiger partial charge in [-0.1, -0.05) is 66.6 Å². The van der Waals surface area contributed by atoms with Crippen LogP contribution in [-0.4, -0.2) is 0 Å². The van der Waals surface area contributed by atoms with E-state index in [-0.39, 0.29) is 5.54 Å². The number of rotatable bonds is 4. The molecule has 0 aromatic heterocycles. The molecule has 0 fully saturated rings. The SMILES string of the molecule is CCC(N)(Cc1cc(C)cc(C)c1)c1ccccc1. The molecular formula is C18H23N. The molecule has 0 saturated carbocycles. The van der Waals surface area contributed by atoms with Crippen molar-refractivity contribution in [2.24, 2.45) is 5.73 Å². The molecule has 0 saturated heterocycles. The van der Waals surface area contributed by atoms with Crippen LogP contribution in [0.15, 0.2) is 48.5 Å². The molecular weight excluding hydrogens is 230 g/mol. The molecule has 2 aromatic carbocycles. The number of aryl methyl sites for hydroxylation is 2. The van der Waals surface area contributed by atoms with Gasteiger partial charge in [-0.15, -0.1) is 0 Å².